The molecule has 0 aliphatic carbocycles. The lowest BCUT2D eigenvalue weighted by atomic mass is 10.2. The zero-order chi connectivity index (χ0) is 17.3. The highest BCUT2D eigenvalue weighted by atomic mass is 79.9. The van der Waals surface area contributed by atoms with E-state index < -0.39 is 5.97 Å². The SMILES string of the molecule is COC(=O)c1ccc2c(c1)sc(=NC(=O)c1ccc(Br)cc1)n2C. The molecule has 0 radical (unpaired) electrons. The maximum Gasteiger partial charge on any atom is 0.337 e. The van der Waals surface area contributed by atoms with Crippen LogP contribution in [0.1, 0.15) is 20.7 Å². The third kappa shape index (κ3) is 3.18. The number of hydrogen-bond donors (Lipinski definition) is 0. The monoisotopic (exact) mass is 404 g/mol. The van der Waals surface area contributed by atoms with Crippen LogP contribution < -0.4 is 4.80 Å². The smallest absolute Gasteiger partial charge is 0.337 e. The number of benzene rings is 2. The number of carbonyl (C=O) groups is 2. The average Bonchev–Trinajstić information content (AvgIpc) is 2.90. The zero-order valence-electron chi connectivity index (χ0n) is 12.9. The molecule has 122 valence electrons. The van der Waals surface area contributed by atoms with E-state index in [1.165, 1.54) is 18.4 Å². The summed E-state index contributed by atoms with van der Waals surface area (Å²) < 4.78 is 8.33. The minimum Gasteiger partial charge on any atom is -0.465 e. The Labute approximate surface area is 150 Å². The van der Waals surface area contributed by atoms with Gasteiger partial charge in [0, 0.05) is 17.1 Å². The van der Waals surface area contributed by atoms with Crippen LogP contribution in [0.15, 0.2) is 51.9 Å². The van der Waals surface area contributed by atoms with Gasteiger partial charge in [-0.1, -0.05) is 27.3 Å². The third-order valence-corrected chi connectivity index (χ3v) is 5.14. The molecule has 0 fully saturated rings. The summed E-state index contributed by atoms with van der Waals surface area (Å²) >= 11 is 4.69. The van der Waals surface area contributed by atoms with Crippen LogP contribution in [0.4, 0.5) is 0 Å². The van der Waals surface area contributed by atoms with Crippen molar-refractivity contribution in [1.29, 1.82) is 0 Å². The minimum atomic E-state index is -0.391. The maximum absolute atomic E-state index is 12.3. The number of nitrogens with zero attached hydrogens (tertiary/aromatic N) is 2. The van der Waals surface area contributed by atoms with Gasteiger partial charge < -0.3 is 9.30 Å². The second kappa shape index (κ2) is 6.70. The molecule has 24 heavy (non-hydrogen) atoms. The molecule has 0 spiro atoms. The van der Waals surface area contributed by atoms with Crippen molar-refractivity contribution in [2.45, 2.75) is 0 Å². The fraction of sp³-hybridized carbons (Fsp3) is 0.118. The number of ether oxygens (including phenoxy) is 1. The molecule has 0 atom stereocenters. The number of halogens is 1. The minimum absolute atomic E-state index is 0.308. The van der Waals surface area contributed by atoms with Crippen LogP contribution >= 0.6 is 27.3 Å². The van der Waals surface area contributed by atoms with E-state index in [0.29, 0.717) is 15.9 Å². The first-order chi connectivity index (χ1) is 11.5. The summed E-state index contributed by atoms with van der Waals surface area (Å²) in [5.74, 6) is -0.699. The summed E-state index contributed by atoms with van der Waals surface area (Å²) in [7, 11) is 3.18. The molecule has 1 amide bonds. The number of thiazole rings is 1. The van der Waals surface area contributed by atoms with Crippen molar-refractivity contribution in [3.63, 3.8) is 0 Å². The zero-order valence-corrected chi connectivity index (χ0v) is 15.3. The van der Waals surface area contributed by atoms with Crippen LogP contribution in [0, 0.1) is 0 Å². The Hall–Kier alpha value is -2.25. The van der Waals surface area contributed by atoms with Gasteiger partial charge in [0.1, 0.15) is 0 Å². The van der Waals surface area contributed by atoms with Crippen LogP contribution in [0.3, 0.4) is 0 Å². The molecule has 5 nitrogen and oxygen atoms in total. The van der Waals surface area contributed by atoms with Gasteiger partial charge in [0.15, 0.2) is 4.80 Å². The van der Waals surface area contributed by atoms with Gasteiger partial charge in [-0.05, 0) is 42.5 Å². The predicted molar refractivity (Wildman–Crippen MR) is 96.2 cm³/mol. The number of rotatable bonds is 2. The number of carbonyl (C=O) groups excluding carboxylic acids is 2. The lowest BCUT2D eigenvalue weighted by molar-refractivity contribution is 0.0601. The summed E-state index contributed by atoms with van der Waals surface area (Å²) in [6, 6.07) is 12.3. The molecule has 0 bridgehead atoms. The van der Waals surface area contributed by atoms with Crippen LogP contribution in [0.5, 0.6) is 0 Å². The number of fused-ring (bicyclic) bond motifs is 1. The highest BCUT2D eigenvalue weighted by Crippen LogP contribution is 2.19. The van der Waals surface area contributed by atoms with Gasteiger partial charge >= 0.3 is 5.97 Å². The lowest BCUT2D eigenvalue weighted by Crippen LogP contribution is -2.13. The Kier molecular flexibility index (Phi) is 4.64. The molecule has 3 aromatic rings. The second-order valence-electron chi connectivity index (χ2n) is 5.04. The third-order valence-electron chi connectivity index (χ3n) is 3.52. The molecule has 0 aliphatic heterocycles. The number of esters is 1. The van der Waals surface area contributed by atoms with E-state index in [0.717, 1.165) is 14.7 Å². The van der Waals surface area contributed by atoms with Crippen molar-refractivity contribution in [2.24, 2.45) is 12.0 Å². The van der Waals surface area contributed by atoms with Crippen molar-refractivity contribution in [2.75, 3.05) is 7.11 Å². The Morgan fingerprint density at radius 2 is 1.79 bits per heavy atom. The van der Waals surface area contributed by atoms with Crippen molar-refractivity contribution < 1.29 is 14.3 Å². The quantitative estimate of drug-likeness (QED) is 0.613. The van der Waals surface area contributed by atoms with Crippen LogP contribution in [-0.4, -0.2) is 23.6 Å². The number of amides is 1. The van der Waals surface area contributed by atoms with Gasteiger partial charge in [0.25, 0.3) is 5.91 Å². The molecule has 1 aromatic heterocycles. The number of aromatic nitrogens is 1. The number of methoxy groups -OCH3 is 1. The molecule has 1 heterocycles. The molecule has 7 heteroatoms. The molecular formula is C17H13BrN2O3S. The molecule has 0 unspecified atom stereocenters. The normalized spacial score (nSPS) is 11.7. The summed E-state index contributed by atoms with van der Waals surface area (Å²) in [5, 5.41) is 0. The Morgan fingerprint density at radius 3 is 2.46 bits per heavy atom. The predicted octanol–water partition coefficient (Wildman–Crippen LogP) is 3.53. The molecule has 0 aliphatic rings. The summed E-state index contributed by atoms with van der Waals surface area (Å²) in [6.07, 6.45) is 0. The highest BCUT2D eigenvalue weighted by molar-refractivity contribution is 9.10. The van der Waals surface area contributed by atoms with Crippen molar-refractivity contribution >= 4 is 49.4 Å². The van der Waals surface area contributed by atoms with Crippen molar-refractivity contribution in [3.05, 3.63) is 62.9 Å². The summed E-state index contributed by atoms with van der Waals surface area (Å²) in [4.78, 5) is 28.7. The Balaban J connectivity index is 2.05. The molecule has 0 N–H and O–H groups in total. The first-order valence-corrected chi connectivity index (χ1v) is 8.63. The van der Waals surface area contributed by atoms with Gasteiger partial charge in [-0.15, -0.1) is 0 Å². The van der Waals surface area contributed by atoms with Gasteiger partial charge in [0.05, 0.1) is 22.9 Å². The van der Waals surface area contributed by atoms with E-state index in [-0.39, 0.29) is 5.91 Å². The average molecular weight is 405 g/mol. The molecule has 2 aromatic carbocycles. The van der Waals surface area contributed by atoms with Crippen LogP contribution in [0.25, 0.3) is 10.2 Å². The first-order valence-electron chi connectivity index (χ1n) is 7.02. The van der Waals surface area contributed by atoms with E-state index in [1.807, 2.05) is 17.7 Å². The Bertz CT molecular complexity index is 1000. The van der Waals surface area contributed by atoms with E-state index in [1.54, 1.807) is 36.4 Å². The summed E-state index contributed by atoms with van der Waals surface area (Å²) in [5.41, 5.74) is 1.89. The number of hydrogen-bond acceptors (Lipinski definition) is 4. The topological polar surface area (TPSA) is 60.7 Å². The Morgan fingerprint density at radius 1 is 1.12 bits per heavy atom. The second-order valence-corrected chi connectivity index (χ2v) is 6.97. The molecule has 0 saturated carbocycles. The van der Waals surface area contributed by atoms with Crippen molar-refractivity contribution in [1.82, 2.24) is 4.57 Å². The van der Waals surface area contributed by atoms with Crippen LogP contribution in [0.2, 0.25) is 0 Å². The van der Waals surface area contributed by atoms with E-state index >= 15 is 0 Å². The highest BCUT2D eigenvalue weighted by Gasteiger charge is 2.10. The van der Waals surface area contributed by atoms with Gasteiger partial charge in [-0.25, -0.2) is 4.79 Å². The number of aryl methyl sites for hydroxylation is 1. The van der Waals surface area contributed by atoms with E-state index in [4.69, 9.17) is 4.74 Å². The van der Waals surface area contributed by atoms with Gasteiger partial charge in [0.2, 0.25) is 0 Å². The largest absolute Gasteiger partial charge is 0.465 e. The molecule has 0 saturated heterocycles. The standard InChI is InChI=1S/C17H13BrN2O3S/c1-20-13-8-5-11(16(22)23-2)9-14(13)24-17(20)19-15(21)10-3-6-12(18)7-4-10/h3-9H,1-2H3. The van der Waals surface area contributed by atoms with Gasteiger partial charge in [-0.2, -0.15) is 4.99 Å². The van der Waals surface area contributed by atoms with Gasteiger partial charge in [-0.3, -0.25) is 4.79 Å². The lowest BCUT2D eigenvalue weighted by Gasteiger charge is -1.99. The fourth-order valence-corrected chi connectivity index (χ4v) is 3.55. The van der Waals surface area contributed by atoms with E-state index in [9.17, 15) is 9.59 Å². The summed E-state index contributed by atoms with van der Waals surface area (Å²) in [6.45, 7) is 0. The van der Waals surface area contributed by atoms with E-state index in [2.05, 4.69) is 20.9 Å². The van der Waals surface area contributed by atoms with Crippen molar-refractivity contribution in [3.8, 4) is 0 Å². The van der Waals surface area contributed by atoms with Crippen LogP contribution in [-0.2, 0) is 11.8 Å². The molecule has 3 rings (SSSR count). The molecular weight excluding hydrogens is 392 g/mol. The first kappa shape index (κ1) is 16.6. The fourth-order valence-electron chi connectivity index (χ4n) is 2.23. The maximum atomic E-state index is 12.3.